The smallest absolute Gasteiger partial charge is 0.141 e. The molecule has 110 valence electrons. The minimum absolute atomic E-state index is 0.257. The maximum absolute atomic E-state index is 6.18. The summed E-state index contributed by atoms with van der Waals surface area (Å²) in [5.74, 6) is 0.565. The fourth-order valence-corrected chi connectivity index (χ4v) is 2.44. The maximum atomic E-state index is 6.18. The highest BCUT2D eigenvalue weighted by molar-refractivity contribution is 7.80. The first-order valence-corrected chi connectivity index (χ1v) is 6.47. The van der Waals surface area contributed by atoms with Gasteiger partial charge in [0.15, 0.2) is 0 Å². The van der Waals surface area contributed by atoms with Crippen molar-refractivity contribution in [1.29, 1.82) is 0 Å². The lowest BCUT2D eigenvalue weighted by molar-refractivity contribution is 0.0686. The average molecular weight is 298 g/mol. The standard InChI is InChI=1S/C11H18N6O2S/c1-18-2-3-19-5-17-9(13)7(10(14)20)6-8(12)15-4-16-11(6)17/h4,7,9H,2-3,5,13H2,1H3,(H2,14,20)(H2,12,15,16). The van der Waals surface area contributed by atoms with Gasteiger partial charge in [-0.2, -0.15) is 0 Å². The number of rotatable bonds is 6. The van der Waals surface area contributed by atoms with Crippen LogP contribution in [0, 0.1) is 0 Å². The third-order valence-electron chi connectivity index (χ3n) is 3.15. The summed E-state index contributed by atoms with van der Waals surface area (Å²) in [7, 11) is 1.61. The van der Waals surface area contributed by atoms with E-state index in [1.807, 2.05) is 0 Å². The molecule has 0 saturated heterocycles. The second-order valence-electron chi connectivity index (χ2n) is 4.37. The molecule has 0 radical (unpaired) electrons. The second kappa shape index (κ2) is 6.27. The Morgan fingerprint density at radius 3 is 2.85 bits per heavy atom. The van der Waals surface area contributed by atoms with Gasteiger partial charge in [-0.1, -0.05) is 12.2 Å². The summed E-state index contributed by atoms with van der Waals surface area (Å²) >= 11 is 5.07. The van der Waals surface area contributed by atoms with Crippen LogP contribution in [0.2, 0.25) is 0 Å². The molecule has 1 aliphatic heterocycles. The molecule has 0 amide bonds. The summed E-state index contributed by atoms with van der Waals surface area (Å²) in [6.07, 6.45) is 0.911. The van der Waals surface area contributed by atoms with Crippen molar-refractivity contribution in [3.05, 3.63) is 11.9 Å². The van der Waals surface area contributed by atoms with Crippen molar-refractivity contribution in [2.24, 2.45) is 11.5 Å². The van der Waals surface area contributed by atoms with Crippen molar-refractivity contribution in [1.82, 2.24) is 9.97 Å². The zero-order valence-corrected chi connectivity index (χ0v) is 12.0. The molecule has 2 unspecified atom stereocenters. The minimum atomic E-state index is -0.468. The molecule has 0 bridgehead atoms. The molecule has 20 heavy (non-hydrogen) atoms. The van der Waals surface area contributed by atoms with Crippen LogP contribution < -0.4 is 22.1 Å². The third kappa shape index (κ3) is 2.66. The number of nitrogen functional groups attached to an aromatic ring is 1. The van der Waals surface area contributed by atoms with Gasteiger partial charge in [0.05, 0.1) is 35.8 Å². The Kier molecular flexibility index (Phi) is 4.65. The molecule has 2 heterocycles. The molecule has 1 aliphatic rings. The Hall–Kier alpha value is -1.55. The van der Waals surface area contributed by atoms with Crippen LogP contribution in [0.15, 0.2) is 6.33 Å². The Morgan fingerprint density at radius 2 is 2.20 bits per heavy atom. The van der Waals surface area contributed by atoms with Crippen molar-refractivity contribution in [2.45, 2.75) is 12.1 Å². The molecule has 0 spiro atoms. The molecule has 0 saturated carbocycles. The van der Waals surface area contributed by atoms with Crippen LogP contribution in [0.25, 0.3) is 0 Å². The Labute approximate surface area is 122 Å². The van der Waals surface area contributed by atoms with Gasteiger partial charge in [0.25, 0.3) is 0 Å². The Bertz CT molecular complexity index is 500. The quantitative estimate of drug-likeness (QED) is 0.455. The summed E-state index contributed by atoms with van der Waals surface area (Å²) in [4.78, 5) is 10.2. The van der Waals surface area contributed by atoms with E-state index in [1.54, 1.807) is 12.0 Å². The third-order valence-corrected chi connectivity index (χ3v) is 3.40. The number of aromatic nitrogens is 2. The molecule has 0 aromatic carbocycles. The van der Waals surface area contributed by atoms with E-state index >= 15 is 0 Å². The van der Waals surface area contributed by atoms with Gasteiger partial charge in [-0.05, 0) is 0 Å². The summed E-state index contributed by atoms with van der Waals surface area (Å²) < 4.78 is 10.4. The van der Waals surface area contributed by atoms with Gasteiger partial charge in [-0.3, -0.25) is 0 Å². The maximum Gasteiger partial charge on any atom is 0.141 e. The number of nitrogens with two attached hydrogens (primary N) is 3. The Morgan fingerprint density at radius 1 is 1.45 bits per heavy atom. The average Bonchev–Trinajstić information content (AvgIpc) is 2.69. The lowest BCUT2D eigenvalue weighted by Crippen LogP contribution is -2.46. The zero-order valence-electron chi connectivity index (χ0n) is 11.2. The lowest BCUT2D eigenvalue weighted by Gasteiger charge is -2.25. The molecule has 1 aromatic rings. The highest BCUT2D eigenvalue weighted by Gasteiger charge is 2.41. The number of hydrogen-bond acceptors (Lipinski definition) is 8. The number of thiocarbonyl (C=S) groups is 1. The molecule has 1 aromatic heterocycles. The summed E-state index contributed by atoms with van der Waals surface area (Å²) in [6, 6.07) is 0. The summed E-state index contributed by atoms with van der Waals surface area (Å²) in [6.45, 7) is 1.21. The summed E-state index contributed by atoms with van der Waals surface area (Å²) in [5.41, 5.74) is 18.5. The number of hydrogen-bond donors (Lipinski definition) is 3. The van der Waals surface area contributed by atoms with Gasteiger partial charge < -0.3 is 31.6 Å². The van der Waals surface area contributed by atoms with Gasteiger partial charge >= 0.3 is 0 Å². The first kappa shape index (κ1) is 14.9. The van der Waals surface area contributed by atoms with Crippen molar-refractivity contribution >= 4 is 28.8 Å². The molecule has 9 heteroatoms. The predicted octanol–water partition coefficient (Wildman–Crippen LogP) is -0.846. The van der Waals surface area contributed by atoms with Gasteiger partial charge in [0.1, 0.15) is 24.7 Å². The fraction of sp³-hybridized carbons (Fsp3) is 0.545. The molecular weight excluding hydrogens is 280 g/mol. The second-order valence-corrected chi connectivity index (χ2v) is 4.84. The number of fused-ring (bicyclic) bond motifs is 1. The van der Waals surface area contributed by atoms with Crippen LogP contribution in [-0.2, 0) is 9.47 Å². The van der Waals surface area contributed by atoms with Crippen LogP contribution >= 0.6 is 12.2 Å². The minimum Gasteiger partial charge on any atom is -0.393 e. The lowest BCUT2D eigenvalue weighted by atomic mass is 10.0. The molecule has 0 aliphatic carbocycles. The monoisotopic (exact) mass is 298 g/mol. The van der Waals surface area contributed by atoms with Crippen molar-refractivity contribution in [3.8, 4) is 0 Å². The Balaban J connectivity index is 2.23. The predicted molar refractivity (Wildman–Crippen MR) is 79.1 cm³/mol. The van der Waals surface area contributed by atoms with Gasteiger partial charge in [-0.25, -0.2) is 9.97 Å². The SMILES string of the molecule is COCCOCN1c2ncnc(N)c2C(C(N)=S)C1N. The molecule has 0 fully saturated rings. The van der Waals surface area contributed by atoms with E-state index in [0.29, 0.717) is 30.4 Å². The fourth-order valence-electron chi connectivity index (χ4n) is 2.18. The van der Waals surface area contributed by atoms with E-state index in [1.165, 1.54) is 6.33 Å². The molecular formula is C11H18N6O2S. The van der Waals surface area contributed by atoms with Crippen molar-refractivity contribution in [2.75, 3.05) is 37.7 Å². The van der Waals surface area contributed by atoms with Gasteiger partial charge in [0, 0.05) is 7.11 Å². The van der Waals surface area contributed by atoms with E-state index < -0.39 is 6.17 Å². The van der Waals surface area contributed by atoms with Crippen molar-refractivity contribution < 1.29 is 9.47 Å². The van der Waals surface area contributed by atoms with Crippen LogP contribution in [0.1, 0.15) is 11.5 Å². The topological polar surface area (TPSA) is 126 Å². The number of nitrogens with zero attached hydrogens (tertiary/aromatic N) is 3. The molecule has 2 atom stereocenters. The largest absolute Gasteiger partial charge is 0.393 e. The number of methoxy groups -OCH3 is 1. The van der Waals surface area contributed by atoms with Crippen LogP contribution in [0.4, 0.5) is 11.6 Å². The van der Waals surface area contributed by atoms with Crippen LogP contribution in [0.5, 0.6) is 0 Å². The van der Waals surface area contributed by atoms with Crippen LogP contribution in [-0.4, -0.2) is 48.2 Å². The van der Waals surface area contributed by atoms with E-state index in [-0.39, 0.29) is 17.6 Å². The van der Waals surface area contributed by atoms with E-state index in [4.69, 9.17) is 38.9 Å². The van der Waals surface area contributed by atoms with E-state index in [0.717, 1.165) is 0 Å². The van der Waals surface area contributed by atoms with E-state index in [2.05, 4.69) is 9.97 Å². The molecule has 6 N–H and O–H groups in total. The van der Waals surface area contributed by atoms with E-state index in [9.17, 15) is 0 Å². The first-order chi connectivity index (χ1) is 9.57. The normalized spacial score (nSPS) is 21.0. The summed E-state index contributed by atoms with van der Waals surface area (Å²) in [5, 5.41) is 0. The zero-order chi connectivity index (χ0) is 14.7. The van der Waals surface area contributed by atoms with Crippen LogP contribution in [0.3, 0.4) is 0 Å². The first-order valence-electron chi connectivity index (χ1n) is 6.06. The van der Waals surface area contributed by atoms with Gasteiger partial charge in [0.2, 0.25) is 0 Å². The highest BCUT2D eigenvalue weighted by Crippen LogP contribution is 2.40. The molecule has 8 nitrogen and oxygen atoms in total. The number of ether oxygens (including phenoxy) is 2. The van der Waals surface area contributed by atoms with Gasteiger partial charge in [-0.15, -0.1) is 0 Å². The number of anilines is 2. The highest BCUT2D eigenvalue weighted by atomic mass is 32.1. The van der Waals surface area contributed by atoms with Crippen molar-refractivity contribution in [3.63, 3.8) is 0 Å². The molecule has 2 rings (SSSR count).